The van der Waals surface area contributed by atoms with Crippen LogP contribution in [0, 0.1) is 0 Å². The van der Waals surface area contributed by atoms with Gasteiger partial charge < -0.3 is 10.6 Å². The number of carbonyl (C=O) groups excluding carboxylic acids is 1. The zero-order valence-corrected chi connectivity index (χ0v) is 10.3. The first kappa shape index (κ1) is 12.1. The van der Waals surface area contributed by atoms with Crippen LogP contribution in [0.3, 0.4) is 0 Å². The van der Waals surface area contributed by atoms with Crippen molar-refractivity contribution >= 4 is 5.91 Å². The van der Waals surface area contributed by atoms with Crippen molar-refractivity contribution in [3.05, 3.63) is 18.0 Å². The molecule has 0 unspecified atom stereocenters. The van der Waals surface area contributed by atoms with E-state index in [0.717, 1.165) is 24.9 Å². The second-order valence-electron chi connectivity index (χ2n) is 4.67. The Morgan fingerprint density at radius 3 is 3.06 bits per heavy atom. The summed E-state index contributed by atoms with van der Waals surface area (Å²) in [5.74, 6) is 0.174. The number of amides is 1. The fourth-order valence-corrected chi connectivity index (χ4v) is 2.41. The number of piperidine rings is 1. The van der Waals surface area contributed by atoms with Gasteiger partial charge in [-0.05, 0) is 24.8 Å². The minimum absolute atomic E-state index is 0.174. The minimum Gasteiger partial charge on any atom is -0.338 e. The fourth-order valence-electron chi connectivity index (χ4n) is 2.41. The largest absolute Gasteiger partial charge is 0.338 e. The number of nitrogens with two attached hydrogens (primary N) is 1. The fraction of sp³-hybridized carbons (Fsp3) is 0.667. The first-order valence-electron chi connectivity index (χ1n) is 6.17. The van der Waals surface area contributed by atoms with Crippen molar-refractivity contribution in [2.45, 2.75) is 31.7 Å². The van der Waals surface area contributed by atoms with E-state index in [2.05, 4.69) is 5.10 Å². The van der Waals surface area contributed by atoms with E-state index in [0.29, 0.717) is 13.0 Å². The molecule has 94 valence electrons. The van der Waals surface area contributed by atoms with E-state index >= 15 is 0 Å². The van der Waals surface area contributed by atoms with Crippen LogP contribution in [0.4, 0.5) is 0 Å². The second kappa shape index (κ2) is 5.31. The van der Waals surface area contributed by atoms with Gasteiger partial charge in [-0.3, -0.25) is 9.48 Å². The van der Waals surface area contributed by atoms with E-state index in [1.165, 1.54) is 6.42 Å². The van der Waals surface area contributed by atoms with E-state index < -0.39 is 0 Å². The lowest BCUT2D eigenvalue weighted by Crippen LogP contribution is -2.48. The lowest BCUT2D eigenvalue weighted by molar-refractivity contribution is -0.133. The van der Waals surface area contributed by atoms with Gasteiger partial charge in [0.1, 0.15) is 0 Å². The van der Waals surface area contributed by atoms with Gasteiger partial charge in [-0.15, -0.1) is 0 Å². The minimum atomic E-state index is 0.174. The van der Waals surface area contributed by atoms with Crippen molar-refractivity contribution in [2.24, 2.45) is 12.8 Å². The van der Waals surface area contributed by atoms with E-state index in [1.54, 1.807) is 10.9 Å². The standard InChI is InChI=1S/C12H20N4O/c1-15-9-10(8-14-15)6-12(17)16-5-3-2-4-11(16)7-13/h8-9,11H,2-7,13H2,1H3/t11-/m1/s1. The molecule has 1 saturated heterocycles. The van der Waals surface area contributed by atoms with Gasteiger partial charge in [-0.1, -0.05) is 0 Å². The molecule has 1 amide bonds. The predicted octanol–water partition coefficient (Wildman–Crippen LogP) is 0.302. The van der Waals surface area contributed by atoms with Crippen molar-refractivity contribution in [3.8, 4) is 0 Å². The van der Waals surface area contributed by atoms with Crippen LogP contribution in [-0.4, -0.2) is 39.7 Å². The molecule has 2 heterocycles. The molecule has 2 N–H and O–H groups in total. The third-order valence-electron chi connectivity index (χ3n) is 3.33. The average molecular weight is 236 g/mol. The maximum atomic E-state index is 12.2. The summed E-state index contributed by atoms with van der Waals surface area (Å²) in [5, 5.41) is 4.08. The number of nitrogens with zero attached hydrogens (tertiary/aromatic N) is 3. The van der Waals surface area contributed by atoms with Crippen molar-refractivity contribution in [2.75, 3.05) is 13.1 Å². The Kier molecular flexibility index (Phi) is 3.78. The van der Waals surface area contributed by atoms with Gasteiger partial charge in [-0.2, -0.15) is 5.10 Å². The van der Waals surface area contributed by atoms with Crippen molar-refractivity contribution < 1.29 is 4.79 Å². The average Bonchev–Trinajstić information content (AvgIpc) is 2.74. The quantitative estimate of drug-likeness (QED) is 0.821. The topological polar surface area (TPSA) is 64.2 Å². The normalized spacial score (nSPS) is 20.6. The van der Waals surface area contributed by atoms with Crippen LogP contribution in [-0.2, 0) is 18.3 Å². The maximum Gasteiger partial charge on any atom is 0.227 e. The van der Waals surface area contributed by atoms with Gasteiger partial charge in [0.05, 0.1) is 12.6 Å². The molecular formula is C12H20N4O. The van der Waals surface area contributed by atoms with Gasteiger partial charge in [0.15, 0.2) is 0 Å². The summed E-state index contributed by atoms with van der Waals surface area (Å²) in [6.45, 7) is 1.42. The molecule has 0 bridgehead atoms. The molecule has 17 heavy (non-hydrogen) atoms. The monoisotopic (exact) mass is 236 g/mol. The lowest BCUT2D eigenvalue weighted by Gasteiger charge is -2.35. The van der Waals surface area contributed by atoms with Crippen LogP contribution >= 0.6 is 0 Å². The summed E-state index contributed by atoms with van der Waals surface area (Å²) < 4.78 is 1.72. The predicted molar refractivity (Wildman–Crippen MR) is 65.3 cm³/mol. The van der Waals surface area contributed by atoms with Crippen molar-refractivity contribution in [1.29, 1.82) is 0 Å². The Balaban J connectivity index is 1.98. The zero-order valence-electron chi connectivity index (χ0n) is 10.3. The van der Waals surface area contributed by atoms with Crippen molar-refractivity contribution in [1.82, 2.24) is 14.7 Å². The summed E-state index contributed by atoms with van der Waals surface area (Å²) in [4.78, 5) is 14.1. The zero-order chi connectivity index (χ0) is 12.3. The Bertz CT molecular complexity index is 388. The number of rotatable bonds is 3. The number of aromatic nitrogens is 2. The number of carbonyl (C=O) groups is 1. The highest BCUT2D eigenvalue weighted by molar-refractivity contribution is 5.79. The summed E-state index contributed by atoms with van der Waals surface area (Å²) in [6.07, 6.45) is 7.38. The molecule has 1 atom stereocenters. The Morgan fingerprint density at radius 1 is 1.59 bits per heavy atom. The molecule has 1 aromatic heterocycles. The van der Waals surface area contributed by atoms with E-state index in [9.17, 15) is 4.79 Å². The third-order valence-corrected chi connectivity index (χ3v) is 3.33. The van der Waals surface area contributed by atoms with Gasteiger partial charge in [0, 0.05) is 32.4 Å². The van der Waals surface area contributed by atoms with Crippen LogP contribution in [0.2, 0.25) is 0 Å². The Morgan fingerprint density at radius 2 is 2.41 bits per heavy atom. The first-order valence-corrected chi connectivity index (χ1v) is 6.17. The highest BCUT2D eigenvalue weighted by atomic mass is 16.2. The molecule has 0 aromatic carbocycles. The van der Waals surface area contributed by atoms with Crippen LogP contribution in [0.5, 0.6) is 0 Å². The lowest BCUT2D eigenvalue weighted by atomic mass is 10.0. The molecule has 5 nitrogen and oxygen atoms in total. The first-order chi connectivity index (χ1) is 8.20. The van der Waals surface area contributed by atoms with Crippen LogP contribution < -0.4 is 5.73 Å². The number of hydrogen-bond acceptors (Lipinski definition) is 3. The van der Waals surface area contributed by atoms with E-state index in [1.807, 2.05) is 18.1 Å². The van der Waals surface area contributed by atoms with Crippen molar-refractivity contribution in [3.63, 3.8) is 0 Å². The van der Waals surface area contributed by atoms with Gasteiger partial charge in [0.2, 0.25) is 5.91 Å². The molecule has 0 spiro atoms. The smallest absolute Gasteiger partial charge is 0.227 e. The molecule has 1 fully saturated rings. The summed E-state index contributed by atoms with van der Waals surface area (Å²) in [7, 11) is 1.86. The molecular weight excluding hydrogens is 216 g/mol. The summed E-state index contributed by atoms with van der Waals surface area (Å²) in [5.41, 5.74) is 6.69. The van der Waals surface area contributed by atoms with Gasteiger partial charge in [0.25, 0.3) is 0 Å². The number of likely N-dealkylation sites (tertiary alicyclic amines) is 1. The summed E-state index contributed by atoms with van der Waals surface area (Å²) in [6, 6.07) is 0.230. The summed E-state index contributed by atoms with van der Waals surface area (Å²) >= 11 is 0. The van der Waals surface area contributed by atoms with E-state index in [4.69, 9.17) is 5.73 Å². The molecule has 1 aromatic rings. The highest BCUT2D eigenvalue weighted by Crippen LogP contribution is 2.17. The maximum absolute atomic E-state index is 12.2. The third kappa shape index (κ3) is 2.85. The molecule has 0 radical (unpaired) electrons. The molecule has 1 aliphatic heterocycles. The Labute approximate surface area is 102 Å². The van der Waals surface area contributed by atoms with Gasteiger partial charge in [-0.25, -0.2) is 0 Å². The van der Waals surface area contributed by atoms with Gasteiger partial charge >= 0.3 is 0 Å². The molecule has 2 rings (SSSR count). The number of aryl methyl sites for hydroxylation is 1. The molecule has 0 aliphatic carbocycles. The Hall–Kier alpha value is -1.36. The van der Waals surface area contributed by atoms with Crippen LogP contribution in [0.1, 0.15) is 24.8 Å². The SMILES string of the molecule is Cn1cc(CC(=O)N2CCCC[C@@H]2CN)cn1. The van der Waals surface area contributed by atoms with Crippen LogP contribution in [0.25, 0.3) is 0 Å². The molecule has 5 heteroatoms. The highest BCUT2D eigenvalue weighted by Gasteiger charge is 2.25. The number of hydrogen-bond donors (Lipinski definition) is 1. The van der Waals surface area contributed by atoms with Crippen LogP contribution in [0.15, 0.2) is 12.4 Å². The molecule has 1 aliphatic rings. The van der Waals surface area contributed by atoms with E-state index in [-0.39, 0.29) is 11.9 Å². The molecule has 0 saturated carbocycles. The second-order valence-corrected chi connectivity index (χ2v) is 4.67.